The Hall–Kier alpha value is -1.58. The molecule has 0 unspecified atom stereocenters. The van der Waals surface area contributed by atoms with Gasteiger partial charge in [0.2, 0.25) is 0 Å². The molecule has 0 radical (unpaired) electrons. The summed E-state index contributed by atoms with van der Waals surface area (Å²) in [7, 11) is 0. The molecule has 0 saturated carbocycles. The molecule has 0 fully saturated rings. The van der Waals surface area contributed by atoms with Crippen molar-refractivity contribution in [3.63, 3.8) is 0 Å². The predicted octanol–water partition coefficient (Wildman–Crippen LogP) is 7.86. The first-order valence-corrected chi connectivity index (χ1v) is 12.8. The summed E-state index contributed by atoms with van der Waals surface area (Å²) in [5, 5.41) is 0. The van der Waals surface area contributed by atoms with Gasteiger partial charge in [-0.3, -0.25) is 9.59 Å². The molecule has 0 aliphatic rings. The van der Waals surface area contributed by atoms with Gasteiger partial charge in [0.25, 0.3) is 0 Å². The summed E-state index contributed by atoms with van der Waals surface area (Å²) in [4.78, 5) is 23.4. The molecule has 0 aliphatic carbocycles. The van der Waals surface area contributed by atoms with Crippen LogP contribution >= 0.6 is 0 Å². The third-order valence-corrected chi connectivity index (χ3v) is 5.31. The van der Waals surface area contributed by atoms with E-state index in [1.165, 1.54) is 70.6 Å². The Morgan fingerprint density at radius 3 is 1.84 bits per heavy atom. The number of carbonyl (C=O) groups excluding carboxylic acids is 2. The van der Waals surface area contributed by atoms with E-state index in [9.17, 15) is 9.59 Å². The van der Waals surface area contributed by atoms with Gasteiger partial charge in [-0.2, -0.15) is 0 Å². The average Bonchev–Trinajstić information content (AvgIpc) is 2.76. The van der Waals surface area contributed by atoms with E-state index in [0.29, 0.717) is 19.6 Å². The van der Waals surface area contributed by atoms with E-state index >= 15 is 0 Å². The van der Waals surface area contributed by atoms with E-state index in [0.717, 1.165) is 25.7 Å². The van der Waals surface area contributed by atoms with Gasteiger partial charge in [-0.1, -0.05) is 89.4 Å². The first-order chi connectivity index (χ1) is 15.2. The van der Waals surface area contributed by atoms with Crippen LogP contribution in [0.2, 0.25) is 0 Å². The second kappa shape index (κ2) is 24.7. The molecular formula is C27H48O4. The molecule has 4 heteroatoms. The number of hydrogen-bond donors (Lipinski definition) is 0. The van der Waals surface area contributed by atoms with Crippen LogP contribution in [0.1, 0.15) is 122 Å². The van der Waals surface area contributed by atoms with Crippen LogP contribution < -0.4 is 0 Å². The maximum Gasteiger partial charge on any atom is 0.306 e. The molecule has 4 nitrogen and oxygen atoms in total. The molecule has 0 atom stereocenters. The molecule has 0 rings (SSSR count). The van der Waals surface area contributed by atoms with Crippen molar-refractivity contribution < 1.29 is 19.1 Å². The van der Waals surface area contributed by atoms with Gasteiger partial charge in [0.1, 0.15) is 6.61 Å². The van der Waals surface area contributed by atoms with E-state index in [2.05, 4.69) is 19.6 Å². The summed E-state index contributed by atoms with van der Waals surface area (Å²) in [6.07, 6.45) is 25.2. The topological polar surface area (TPSA) is 52.6 Å². The van der Waals surface area contributed by atoms with E-state index in [-0.39, 0.29) is 24.8 Å². The van der Waals surface area contributed by atoms with Crippen molar-refractivity contribution in [1.29, 1.82) is 0 Å². The van der Waals surface area contributed by atoms with E-state index < -0.39 is 0 Å². The highest BCUT2D eigenvalue weighted by Crippen LogP contribution is 2.09. The van der Waals surface area contributed by atoms with Crippen molar-refractivity contribution in [2.75, 3.05) is 13.2 Å². The predicted molar refractivity (Wildman–Crippen MR) is 130 cm³/mol. The van der Waals surface area contributed by atoms with Crippen molar-refractivity contribution >= 4 is 11.9 Å². The van der Waals surface area contributed by atoms with Crippen molar-refractivity contribution in [3.05, 3.63) is 24.8 Å². The SMILES string of the molecule is C=CCCCCCCCCOC(=O)CCCC(=O)OC/C=C/CCCCCCCCC. The van der Waals surface area contributed by atoms with Crippen LogP contribution in [0.5, 0.6) is 0 Å². The van der Waals surface area contributed by atoms with Gasteiger partial charge in [0, 0.05) is 12.8 Å². The van der Waals surface area contributed by atoms with E-state index in [1.807, 2.05) is 12.2 Å². The fraction of sp³-hybridized carbons (Fsp3) is 0.778. The van der Waals surface area contributed by atoms with E-state index in [4.69, 9.17) is 9.47 Å². The van der Waals surface area contributed by atoms with Crippen molar-refractivity contribution in [3.8, 4) is 0 Å². The summed E-state index contributed by atoms with van der Waals surface area (Å²) in [6, 6.07) is 0. The molecule has 0 saturated heterocycles. The van der Waals surface area contributed by atoms with Gasteiger partial charge in [0.15, 0.2) is 0 Å². The zero-order valence-electron chi connectivity index (χ0n) is 20.2. The molecule has 0 amide bonds. The summed E-state index contributed by atoms with van der Waals surface area (Å²) < 4.78 is 10.4. The number of rotatable bonds is 23. The number of unbranched alkanes of at least 4 members (excludes halogenated alkanes) is 13. The standard InChI is InChI=1S/C27H48O4/c1-3-5-7-9-11-13-14-16-18-20-25-31-27(29)23-21-22-26(28)30-24-19-17-15-12-10-8-6-4-2/h4,18,20H,2-3,5-17,19,21-25H2,1H3/b20-18+. The van der Waals surface area contributed by atoms with Crippen molar-refractivity contribution in [1.82, 2.24) is 0 Å². The lowest BCUT2D eigenvalue weighted by molar-refractivity contribution is -0.145. The van der Waals surface area contributed by atoms with Crippen LogP contribution in [0.25, 0.3) is 0 Å². The fourth-order valence-electron chi connectivity index (χ4n) is 3.35. The highest BCUT2D eigenvalue weighted by atomic mass is 16.5. The minimum Gasteiger partial charge on any atom is -0.466 e. The Bertz CT molecular complexity index is 456. The molecule has 0 bridgehead atoms. The maximum absolute atomic E-state index is 11.7. The van der Waals surface area contributed by atoms with Gasteiger partial charge in [0.05, 0.1) is 6.61 Å². The molecule has 0 aromatic heterocycles. The van der Waals surface area contributed by atoms with Gasteiger partial charge in [-0.25, -0.2) is 0 Å². The Labute approximate surface area is 191 Å². The molecule has 0 heterocycles. The molecule has 180 valence electrons. The summed E-state index contributed by atoms with van der Waals surface area (Å²) in [5.74, 6) is -0.460. The second-order valence-corrected chi connectivity index (χ2v) is 8.34. The normalized spacial score (nSPS) is 11.0. The third-order valence-electron chi connectivity index (χ3n) is 5.31. The molecule has 0 aromatic carbocycles. The van der Waals surface area contributed by atoms with Crippen LogP contribution in [0.3, 0.4) is 0 Å². The van der Waals surface area contributed by atoms with Gasteiger partial charge in [-0.05, 0) is 38.5 Å². The first kappa shape index (κ1) is 29.4. The molecule has 31 heavy (non-hydrogen) atoms. The second-order valence-electron chi connectivity index (χ2n) is 8.34. The lowest BCUT2D eigenvalue weighted by Crippen LogP contribution is -2.08. The lowest BCUT2D eigenvalue weighted by atomic mass is 10.1. The number of ether oxygens (including phenoxy) is 2. The minimum absolute atomic E-state index is 0.214. The van der Waals surface area contributed by atoms with Gasteiger partial charge in [-0.15, -0.1) is 6.58 Å². The van der Waals surface area contributed by atoms with Crippen LogP contribution in [-0.2, 0) is 19.1 Å². The fourth-order valence-corrected chi connectivity index (χ4v) is 3.35. The highest BCUT2D eigenvalue weighted by Gasteiger charge is 2.06. The molecule has 0 aliphatic heterocycles. The smallest absolute Gasteiger partial charge is 0.306 e. The monoisotopic (exact) mass is 436 g/mol. The Balaban J connectivity index is 3.38. The van der Waals surface area contributed by atoms with Crippen LogP contribution in [0.4, 0.5) is 0 Å². The zero-order valence-corrected chi connectivity index (χ0v) is 20.2. The Morgan fingerprint density at radius 2 is 1.19 bits per heavy atom. The largest absolute Gasteiger partial charge is 0.466 e. The quantitative estimate of drug-likeness (QED) is 0.0929. The molecule has 0 spiro atoms. The van der Waals surface area contributed by atoms with Crippen molar-refractivity contribution in [2.45, 2.75) is 122 Å². The number of carbonyl (C=O) groups is 2. The van der Waals surface area contributed by atoms with Gasteiger partial charge < -0.3 is 9.47 Å². The first-order valence-electron chi connectivity index (χ1n) is 12.8. The lowest BCUT2D eigenvalue weighted by Gasteiger charge is -2.05. The number of allylic oxidation sites excluding steroid dienone is 2. The van der Waals surface area contributed by atoms with Crippen LogP contribution in [-0.4, -0.2) is 25.2 Å². The van der Waals surface area contributed by atoms with Crippen LogP contribution in [0.15, 0.2) is 24.8 Å². The van der Waals surface area contributed by atoms with E-state index in [1.54, 1.807) is 0 Å². The average molecular weight is 437 g/mol. The summed E-state index contributed by atoms with van der Waals surface area (Å²) >= 11 is 0. The van der Waals surface area contributed by atoms with Gasteiger partial charge >= 0.3 is 11.9 Å². The molecule has 0 aromatic rings. The zero-order chi connectivity index (χ0) is 22.8. The Kier molecular flexibility index (Phi) is 23.4. The minimum atomic E-state index is -0.246. The highest BCUT2D eigenvalue weighted by molar-refractivity contribution is 5.72. The maximum atomic E-state index is 11.7. The van der Waals surface area contributed by atoms with Crippen molar-refractivity contribution in [2.24, 2.45) is 0 Å². The summed E-state index contributed by atoms with van der Waals surface area (Å²) in [5.41, 5.74) is 0. The van der Waals surface area contributed by atoms with Crippen LogP contribution in [0, 0.1) is 0 Å². The summed E-state index contributed by atoms with van der Waals surface area (Å²) in [6.45, 7) is 6.78. The number of hydrogen-bond acceptors (Lipinski definition) is 4. The Morgan fingerprint density at radius 1 is 0.645 bits per heavy atom. The molecule has 0 N–H and O–H groups in total. The third kappa shape index (κ3) is 24.6. The molecular weight excluding hydrogens is 388 g/mol. The number of esters is 2.